The minimum absolute atomic E-state index is 0.153. The third-order valence-electron chi connectivity index (χ3n) is 3.67. The summed E-state index contributed by atoms with van der Waals surface area (Å²) in [4.78, 5) is 16.1. The van der Waals surface area contributed by atoms with Gasteiger partial charge in [0.1, 0.15) is 6.61 Å². The van der Waals surface area contributed by atoms with Crippen LogP contribution in [0, 0.1) is 0 Å². The van der Waals surface area contributed by atoms with E-state index < -0.39 is 0 Å². The molecule has 0 aliphatic heterocycles. The van der Waals surface area contributed by atoms with Gasteiger partial charge in [0, 0.05) is 18.0 Å². The molecule has 3 aromatic rings. The van der Waals surface area contributed by atoms with Crippen molar-refractivity contribution in [3.8, 4) is 22.9 Å². The van der Waals surface area contributed by atoms with Crippen LogP contribution in [0.15, 0.2) is 53.9 Å². The van der Waals surface area contributed by atoms with Crippen molar-refractivity contribution in [3.63, 3.8) is 0 Å². The van der Waals surface area contributed by atoms with E-state index in [4.69, 9.17) is 15.3 Å². The Labute approximate surface area is 166 Å². The molecule has 9 nitrogen and oxygen atoms in total. The summed E-state index contributed by atoms with van der Waals surface area (Å²) in [6.07, 6.45) is 3.31. The molecule has 2 aromatic heterocycles. The van der Waals surface area contributed by atoms with Gasteiger partial charge in [-0.3, -0.25) is 9.78 Å². The molecule has 0 fully saturated rings. The first-order chi connectivity index (χ1) is 13.7. The summed E-state index contributed by atoms with van der Waals surface area (Å²) in [5.74, 6) is 7.79. The van der Waals surface area contributed by atoms with E-state index in [1.54, 1.807) is 25.6 Å². The Morgan fingerprint density at radius 1 is 1.21 bits per heavy atom. The average Bonchev–Trinajstić information content (AvgIpc) is 3.11. The lowest BCUT2D eigenvalue weighted by molar-refractivity contribution is -0.118. The number of nitrogen functional groups attached to an aromatic ring is 1. The lowest BCUT2D eigenvalue weighted by atomic mass is 10.3. The molecule has 0 aliphatic carbocycles. The lowest BCUT2D eigenvalue weighted by Crippen LogP contribution is -2.29. The molecule has 0 unspecified atom stereocenters. The molecule has 2 heterocycles. The van der Waals surface area contributed by atoms with Gasteiger partial charge in [0.25, 0.3) is 0 Å². The van der Waals surface area contributed by atoms with Gasteiger partial charge in [-0.2, -0.15) is 0 Å². The molecule has 3 rings (SSSR count). The quantitative estimate of drug-likeness (QED) is 0.314. The van der Waals surface area contributed by atoms with Crippen LogP contribution in [0.4, 0.5) is 0 Å². The third kappa shape index (κ3) is 4.92. The number of thioether (sulfide) groups is 1. The Hall–Kier alpha value is -3.27. The molecule has 0 spiro atoms. The van der Waals surface area contributed by atoms with Crippen molar-refractivity contribution in [2.75, 3.05) is 31.9 Å². The maximum atomic E-state index is 12.0. The molecule has 0 saturated carbocycles. The summed E-state index contributed by atoms with van der Waals surface area (Å²) in [5.41, 5.74) is 0.752. The molecule has 0 aliphatic rings. The number of amides is 1. The number of nitrogens with two attached hydrogens (primary N) is 1. The summed E-state index contributed by atoms with van der Waals surface area (Å²) in [6.45, 7) is 0.697. The van der Waals surface area contributed by atoms with E-state index >= 15 is 0 Å². The highest BCUT2D eigenvalue weighted by atomic mass is 32.2. The van der Waals surface area contributed by atoms with Crippen molar-refractivity contribution in [3.05, 3.63) is 48.8 Å². The molecule has 1 aromatic carbocycles. The molecule has 3 N–H and O–H groups in total. The lowest BCUT2D eigenvalue weighted by Gasteiger charge is -2.10. The molecule has 0 radical (unpaired) electrons. The second kappa shape index (κ2) is 9.60. The van der Waals surface area contributed by atoms with Crippen molar-refractivity contribution in [2.24, 2.45) is 0 Å². The highest BCUT2D eigenvalue weighted by Gasteiger charge is 2.13. The van der Waals surface area contributed by atoms with Crippen molar-refractivity contribution in [2.45, 2.75) is 5.16 Å². The van der Waals surface area contributed by atoms with Crippen molar-refractivity contribution < 1.29 is 14.3 Å². The zero-order chi connectivity index (χ0) is 19.8. The number of carbonyl (C=O) groups is 1. The Morgan fingerprint density at radius 2 is 2.04 bits per heavy atom. The number of aromatic nitrogens is 4. The molecule has 0 bridgehead atoms. The highest BCUT2D eigenvalue weighted by molar-refractivity contribution is 7.99. The first kappa shape index (κ1) is 19.5. The van der Waals surface area contributed by atoms with Crippen molar-refractivity contribution in [1.82, 2.24) is 25.2 Å². The topological polar surface area (TPSA) is 117 Å². The van der Waals surface area contributed by atoms with Crippen LogP contribution in [0.1, 0.15) is 0 Å². The summed E-state index contributed by atoms with van der Waals surface area (Å²) in [6, 6.07) is 11.0. The Balaban J connectivity index is 1.43. The normalized spacial score (nSPS) is 10.5. The molecule has 146 valence electrons. The van der Waals surface area contributed by atoms with E-state index in [0.717, 1.165) is 5.56 Å². The zero-order valence-corrected chi connectivity index (χ0v) is 16.1. The maximum Gasteiger partial charge on any atom is 0.230 e. The predicted octanol–water partition coefficient (Wildman–Crippen LogP) is 1.35. The predicted molar refractivity (Wildman–Crippen MR) is 106 cm³/mol. The van der Waals surface area contributed by atoms with Gasteiger partial charge in [-0.15, -0.1) is 10.2 Å². The fourth-order valence-corrected chi connectivity index (χ4v) is 3.02. The van der Waals surface area contributed by atoms with E-state index in [1.807, 2.05) is 30.3 Å². The van der Waals surface area contributed by atoms with Gasteiger partial charge in [0.2, 0.25) is 11.1 Å². The van der Waals surface area contributed by atoms with E-state index in [-0.39, 0.29) is 11.7 Å². The monoisotopic (exact) mass is 400 g/mol. The summed E-state index contributed by atoms with van der Waals surface area (Å²) >= 11 is 1.20. The second-order valence-corrected chi connectivity index (χ2v) is 6.50. The fourth-order valence-electron chi connectivity index (χ4n) is 2.34. The number of hydrogen-bond donors (Lipinski definition) is 2. The largest absolute Gasteiger partial charge is 0.493 e. The maximum absolute atomic E-state index is 12.0. The smallest absolute Gasteiger partial charge is 0.230 e. The van der Waals surface area contributed by atoms with Crippen LogP contribution in [0.5, 0.6) is 11.5 Å². The van der Waals surface area contributed by atoms with Crippen LogP contribution in [-0.2, 0) is 4.79 Å². The Kier molecular flexibility index (Phi) is 6.68. The third-order valence-corrected chi connectivity index (χ3v) is 4.61. The Bertz CT molecular complexity index is 919. The number of pyridine rings is 1. The summed E-state index contributed by atoms with van der Waals surface area (Å²) < 4.78 is 12.2. The molecule has 1 amide bonds. The van der Waals surface area contributed by atoms with E-state index in [9.17, 15) is 4.79 Å². The average molecular weight is 400 g/mol. The molecule has 0 atom stereocenters. The number of rotatable bonds is 9. The Morgan fingerprint density at radius 3 is 2.79 bits per heavy atom. The first-order valence-corrected chi connectivity index (χ1v) is 9.44. The minimum atomic E-state index is -0.153. The van der Waals surface area contributed by atoms with Crippen LogP contribution in [-0.4, -0.2) is 51.8 Å². The number of carbonyl (C=O) groups excluding carboxylic acids is 1. The van der Waals surface area contributed by atoms with Crippen LogP contribution in [0.25, 0.3) is 11.4 Å². The number of nitrogens with zero attached hydrogens (tertiary/aromatic N) is 4. The van der Waals surface area contributed by atoms with E-state index in [0.29, 0.717) is 35.6 Å². The van der Waals surface area contributed by atoms with Crippen molar-refractivity contribution >= 4 is 17.7 Å². The minimum Gasteiger partial charge on any atom is -0.493 e. The summed E-state index contributed by atoms with van der Waals surface area (Å²) in [7, 11) is 1.58. The number of benzene rings is 1. The van der Waals surface area contributed by atoms with E-state index in [1.165, 1.54) is 16.4 Å². The zero-order valence-electron chi connectivity index (χ0n) is 15.2. The van der Waals surface area contributed by atoms with Crippen LogP contribution >= 0.6 is 11.8 Å². The number of methoxy groups -OCH3 is 1. The van der Waals surface area contributed by atoms with E-state index in [2.05, 4.69) is 20.5 Å². The first-order valence-electron chi connectivity index (χ1n) is 8.45. The molecular formula is C18H20N6O3S. The summed E-state index contributed by atoms with van der Waals surface area (Å²) in [5, 5.41) is 11.3. The standard InChI is InChI=1S/C18H20N6O3S/c1-26-14-6-2-3-7-15(14)27-10-9-21-16(25)12-28-18-23-22-17(24(18)19)13-5-4-8-20-11-13/h2-8,11H,9-10,12,19H2,1H3,(H,21,25). The van der Waals surface area contributed by atoms with Gasteiger partial charge in [-0.25, -0.2) is 4.68 Å². The van der Waals surface area contributed by atoms with Crippen LogP contribution in [0.2, 0.25) is 0 Å². The number of para-hydroxylation sites is 2. The molecule has 28 heavy (non-hydrogen) atoms. The number of hydrogen-bond acceptors (Lipinski definition) is 8. The van der Waals surface area contributed by atoms with Crippen molar-refractivity contribution in [1.29, 1.82) is 0 Å². The SMILES string of the molecule is COc1ccccc1OCCNC(=O)CSc1nnc(-c2cccnc2)n1N. The number of ether oxygens (including phenoxy) is 2. The van der Waals surface area contributed by atoms with Gasteiger partial charge in [0.05, 0.1) is 19.4 Å². The van der Waals surface area contributed by atoms with Gasteiger partial charge in [0.15, 0.2) is 17.3 Å². The second-order valence-electron chi connectivity index (χ2n) is 5.56. The van der Waals surface area contributed by atoms with Gasteiger partial charge in [-0.05, 0) is 24.3 Å². The number of nitrogens with one attached hydrogen (secondary N) is 1. The van der Waals surface area contributed by atoms with Gasteiger partial charge >= 0.3 is 0 Å². The van der Waals surface area contributed by atoms with Gasteiger partial charge in [-0.1, -0.05) is 23.9 Å². The van der Waals surface area contributed by atoms with Crippen LogP contribution < -0.4 is 20.6 Å². The van der Waals surface area contributed by atoms with Crippen LogP contribution in [0.3, 0.4) is 0 Å². The molecule has 10 heteroatoms. The molecular weight excluding hydrogens is 380 g/mol. The highest BCUT2D eigenvalue weighted by Crippen LogP contribution is 2.25. The van der Waals surface area contributed by atoms with Gasteiger partial charge < -0.3 is 20.6 Å². The fraction of sp³-hybridized carbons (Fsp3) is 0.222. The molecule has 0 saturated heterocycles.